The molecule has 2 unspecified atom stereocenters. The summed E-state index contributed by atoms with van der Waals surface area (Å²) in [6.45, 7) is 7.62. The van der Waals surface area contributed by atoms with E-state index in [1.165, 1.54) is 25.8 Å². The van der Waals surface area contributed by atoms with Crippen LogP contribution in [0.1, 0.15) is 45.4 Å². The number of carbonyl (C=O) groups excluding carboxylic acids is 1. The molecular formula is C15H29N3O. The van der Waals surface area contributed by atoms with Crippen LogP contribution in [-0.2, 0) is 4.79 Å². The predicted molar refractivity (Wildman–Crippen MR) is 78.1 cm³/mol. The van der Waals surface area contributed by atoms with Crippen molar-refractivity contribution in [1.82, 2.24) is 15.5 Å². The Bertz CT molecular complexity index is 277. The minimum atomic E-state index is 0.236. The van der Waals surface area contributed by atoms with E-state index in [-0.39, 0.29) is 5.91 Å². The van der Waals surface area contributed by atoms with Gasteiger partial charge in [-0.2, -0.15) is 0 Å². The van der Waals surface area contributed by atoms with Crippen LogP contribution in [0.25, 0.3) is 0 Å². The van der Waals surface area contributed by atoms with E-state index >= 15 is 0 Å². The molecule has 1 amide bonds. The van der Waals surface area contributed by atoms with Gasteiger partial charge in [-0.25, -0.2) is 0 Å². The van der Waals surface area contributed by atoms with Crippen molar-refractivity contribution in [2.24, 2.45) is 5.92 Å². The first kappa shape index (κ1) is 14.8. The maximum atomic E-state index is 11.8. The SMILES string of the molecule is CC1CCCCN1CCCNC(=O)CC1CCNC1. The van der Waals surface area contributed by atoms with Gasteiger partial charge in [0.1, 0.15) is 0 Å². The maximum Gasteiger partial charge on any atom is 0.220 e. The Balaban J connectivity index is 1.52. The van der Waals surface area contributed by atoms with Crippen LogP contribution in [0.15, 0.2) is 0 Å². The molecule has 4 heteroatoms. The molecule has 0 radical (unpaired) electrons. The highest BCUT2D eigenvalue weighted by Crippen LogP contribution is 2.16. The van der Waals surface area contributed by atoms with E-state index in [9.17, 15) is 4.79 Å². The molecule has 0 spiro atoms. The predicted octanol–water partition coefficient (Wildman–Crippen LogP) is 1.37. The van der Waals surface area contributed by atoms with E-state index in [1.807, 2.05) is 0 Å². The van der Waals surface area contributed by atoms with Gasteiger partial charge in [0.15, 0.2) is 0 Å². The van der Waals surface area contributed by atoms with Crippen LogP contribution in [0.4, 0.5) is 0 Å². The Kier molecular flexibility index (Phi) is 6.11. The molecule has 2 aliphatic rings. The lowest BCUT2D eigenvalue weighted by Crippen LogP contribution is -2.39. The van der Waals surface area contributed by atoms with Crippen LogP contribution in [0.5, 0.6) is 0 Å². The lowest BCUT2D eigenvalue weighted by molar-refractivity contribution is -0.121. The molecule has 2 rings (SSSR count). The third-order valence-electron chi connectivity index (χ3n) is 4.52. The second-order valence-corrected chi connectivity index (χ2v) is 6.15. The van der Waals surface area contributed by atoms with Gasteiger partial charge in [0.2, 0.25) is 5.91 Å². The van der Waals surface area contributed by atoms with Crippen molar-refractivity contribution in [2.45, 2.75) is 51.5 Å². The van der Waals surface area contributed by atoms with Crippen LogP contribution in [0.3, 0.4) is 0 Å². The summed E-state index contributed by atoms with van der Waals surface area (Å²) in [7, 11) is 0. The number of carbonyl (C=O) groups is 1. The van der Waals surface area contributed by atoms with E-state index in [0.717, 1.165) is 45.1 Å². The number of rotatable bonds is 6. The van der Waals surface area contributed by atoms with E-state index in [2.05, 4.69) is 22.5 Å². The smallest absolute Gasteiger partial charge is 0.220 e. The number of nitrogens with one attached hydrogen (secondary N) is 2. The number of hydrogen-bond donors (Lipinski definition) is 2. The molecule has 2 atom stereocenters. The Labute approximate surface area is 117 Å². The molecule has 2 N–H and O–H groups in total. The molecule has 0 aliphatic carbocycles. The Morgan fingerprint density at radius 3 is 3.00 bits per heavy atom. The van der Waals surface area contributed by atoms with Crippen molar-refractivity contribution in [2.75, 3.05) is 32.7 Å². The summed E-state index contributed by atoms with van der Waals surface area (Å²) in [6, 6.07) is 0.731. The number of nitrogens with zero attached hydrogens (tertiary/aromatic N) is 1. The molecule has 2 fully saturated rings. The van der Waals surface area contributed by atoms with Gasteiger partial charge in [-0.1, -0.05) is 6.42 Å². The van der Waals surface area contributed by atoms with E-state index in [4.69, 9.17) is 0 Å². The minimum Gasteiger partial charge on any atom is -0.356 e. The first-order valence-electron chi connectivity index (χ1n) is 7.97. The molecule has 4 nitrogen and oxygen atoms in total. The van der Waals surface area contributed by atoms with Crippen LogP contribution in [-0.4, -0.2) is 49.6 Å². The van der Waals surface area contributed by atoms with E-state index in [1.54, 1.807) is 0 Å². The second kappa shape index (κ2) is 7.85. The van der Waals surface area contributed by atoms with E-state index in [0.29, 0.717) is 12.3 Å². The third-order valence-corrected chi connectivity index (χ3v) is 4.52. The lowest BCUT2D eigenvalue weighted by atomic mass is 10.0. The molecule has 110 valence electrons. The highest BCUT2D eigenvalue weighted by Gasteiger charge is 2.19. The number of amides is 1. The van der Waals surface area contributed by atoms with Crippen molar-refractivity contribution in [3.05, 3.63) is 0 Å². The van der Waals surface area contributed by atoms with Gasteiger partial charge in [0.05, 0.1) is 0 Å². The van der Waals surface area contributed by atoms with Gasteiger partial charge < -0.3 is 15.5 Å². The molecule has 2 aliphatic heterocycles. The topological polar surface area (TPSA) is 44.4 Å². The standard InChI is InChI=1S/C15H29N3O/c1-13-5-2-3-9-18(13)10-4-7-17-15(19)11-14-6-8-16-12-14/h13-14,16H,2-12H2,1H3,(H,17,19). The second-order valence-electron chi connectivity index (χ2n) is 6.15. The third kappa shape index (κ3) is 5.11. The van der Waals surface area contributed by atoms with Crippen molar-refractivity contribution in [3.8, 4) is 0 Å². The maximum absolute atomic E-state index is 11.8. The number of piperidine rings is 1. The zero-order valence-electron chi connectivity index (χ0n) is 12.3. The molecule has 0 aromatic rings. The first-order chi connectivity index (χ1) is 9.25. The minimum absolute atomic E-state index is 0.236. The summed E-state index contributed by atoms with van der Waals surface area (Å²) in [4.78, 5) is 14.3. The number of hydrogen-bond acceptors (Lipinski definition) is 3. The molecule has 2 saturated heterocycles. The summed E-state index contributed by atoms with van der Waals surface area (Å²) in [5.41, 5.74) is 0. The monoisotopic (exact) mass is 267 g/mol. The van der Waals surface area contributed by atoms with Crippen molar-refractivity contribution >= 4 is 5.91 Å². The Morgan fingerprint density at radius 2 is 2.26 bits per heavy atom. The molecule has 19 heavy (non-hydrogen) atoms. The van der Waals surface area contributed by atoms with Gasteiger partial charge in [-0.3, -0.25) is 4.79 Å². The molecule has 2 heterocycles. The summed E-state index contributed by atoms with van der Waals surface area (Å²) in [6.07, 6.45) is 6.99. The van der Waals surface area contributed by atoms with Gasteiger partial charge >= 0.3 is 0 Å². The van der Waals surface area contributed by atoms with Crippen molar-refractivity contribution < 1.29 is 4.79 Å². The highest BCUT2D eigenvalue weighted by molar-refractivity contribution is 5.76. The average Bonchev–Trinajstić information content (AvgIpc) is 2.89. The lowest BCUT2D eigenvalue weighted by Gasteiger charge is -2.33. The van der Waals surface area contributed by atoms with Gasteiger partial charge in [0.25, 0.3) is 0 Å². The summed E-state index contributed by atoms with van der Waals surface area (Å²) >= 11 is 0. The van der Waals surface area contributed by atoms with Crippen molar-refractivity contribution in [1.29, 1.82) is 0 Å². The zero-order chi connectivity index (χ0) is 13.5. The van der Waals surface area contributed by atoms with Crippen LogP contribution < -0.4 is 10.6 Å². The fourth-order valence-electron chi connectivity index (χ4n) is 3.22. The Morgan fingerprint density at radius 1 is 1.37 bits per heavy atom. The van der Waals surface area contributed by atoms with Gasteiger partial charge in [-0.05, 0) is 58.2 Å². The van der Waals surface area contributed by atoms with Crippen LogP contribution in [0.2, 0.25) is 0 Å². The quantitative estimate of drug-likeness (QED) is 0.714. The Hall–Kier alpha value is -0.610. The van der Waals surface area contributed by atoms with E-state index < -0.39 is 0 Å². The zero-order valence-corrected chi connectivity index (χ0v) is 12.3. The van der Waals surface area contributed by atoms with Gasteiger partial charge in [0, 0.05) is 25.6 Å². The molecule has 0 aromatic carbocycles. The van der Waals surface area contributed by atoms with Crippen LogP contribution >= 0.6 is 0 Å². The molecule has 0 bridgehead atoms. The first-order valence-corrected chi connectivity index (χ1v) is 7.97. The summed E-state index contributed by atoms with van der Waals surface area (Å²) in [5, 5.41) is 6.38. The largest absolute Gasteiger partial charge is 0.356 e. The fourth-order valence-corrected chi connectivity index (χ4v) is 3.22. The number of likely N-dealkylation sites (tertiary alicyclic amines) is 1. The highest BCUT2D eigenvalue weighted by atomic mass is 16.1. The van der Waals surface area contributed by atoms with Crippen LogP contribution in [0, 0.1) is 5.92 Å². The fraction of sp³-hybridized carbons (Fsp3) is 0.933. The molecule has 0 saturated carbocycles. The van der Waals surface area contributed by atoms with Gasteiger partial charge in [-0.15, -0.1) is 0 Å². The summed E-state index contributed by atoms with van der Waals surface area (Å²) < 4.78 is 0. The van der Waals surface area contributed by atoms with Crippen molar-refractivity contribution in [3.63, 3.8) is 0 Å². The molecule has 0 aromatic heterocycles. The average molecular weight is 267 g/mol. The molecular weight excluding hydrogens is 238 g/mol. The summed E-state index contributed by atoms with van der Waals surface area (Å²) in [5.74, 6) is 0.794. The normalized spacial score (nSPS) is 28.5.